The molecule has 2 rings (SSSR count). The van der Waals surface area contributed by atoms with Crippen molar-refractivity contribution in [3.63, 3.8) is 0 Å². The molecule has 2 amide bonds. The van der Waals surface area contributed by atoms with Gasteiger partial charge in [0.05, 0.1) is 12.5 Å². The molecule has 0 saturated heterocycles. The van der Waals surface area contributed by atoms with Gasteiger partial charge in [0.1, 0.15) is 0 Å². The number of amides is 2. The summed E-state index contributed by atoms with van der Waals surface area (Å²) < 4.78 is 0. The summed E-state index contributed by atoms with van der Waals surface area (Å²) >= 11 is 0. The molecule has 2 aliphatic carbocycles. The highest BCUT2D eigenvalue weighted by molar-refractivity contribution is 5.87. The summed E-state index contributed by atoms with van der Waals surface area (Å²) in [4.78, 5) is 22.2. The molecule has 2 bridgehead atoms. The van der Waals surface area contributed by atoms with E-state index in [1.54, 1.807) is 0 Å². The number of nitrogens with two attached hydrogens (primary N) is 2. The molecule has 0 aliphatic heterocycles. The molecular weight excluding hydrogens is 218 g/mol. The van der Waals surface area contributed by atoms with Crippen LogP contribution in [0.1, 0.15) is 32.1 Å². The molecule has 0 aromatic carbocycles. The van der Waals surface area contributed by atoms with E-state index in [1.807, 2.05) is 0 Å². The largest absolute Gasteiger partial charge is 0.370 e. The van der Waals surface area contributed by atoms with E-state index >= 15 is 0 Å². The second-order valence-corrected chi connectivity index (χ2v) is 5.46. The maximum Gasteiger partial charge on any atom is 0.237 e. The summed E-state index contributed by atoms with van der Waals surface area (Å²) in [5, 5.41) is 2.84. The average molecular weight is 239 g/mol. The lowest BCUT2D eigenvalue weighted by Gasteiger charge is -2.22. The van der Waals surface area contributed by atoms with Gasteiger partial charge in [0.2, 0.25) is 11.8 Å². The Morgan fingerprint density at radius 3 is 2.59 bits per heavy atom. The fourth-order valence-electron chi connectivity index (χ4n) is 3.30. The SMILES string of the molecule is NC(=O)CC(N)C(=O)NCC1CC2CCC1C2. The minimum absolute atomic E-state index is 0.0808. The summed E-state index contributed by atoms with van der Waals surface area (Å²) in [6, 6.07) is -0.800. The van der Waals surface area contributed by atoms with Gasteiger partial charge in [-0.05, 0) is 37.0 Å². The maximum atomic E-state index is 11.6. The van der Waals surface area contributed by atoms with Gasteiger partial charge >= 0.3 is 0 Å². The maximum absolute atomic E-state index is 11.6. The zero-order chi connectivity index (χ0) is 12.4. The van der Waals surface area contributed by atoms with E-state index in [4.69, 9.17) is 11.5 Å². The third kappa shape index (κ3) is 2.97. The molecule has 2 aliphatic rings. The molecule has 0 heterocycles. The average Bonchev–Trinajstić information content (AvgIpc) is 2.86. The first-order valence-electron chi connectivity index (χ1n) is 6.38. The van der Waals surface area contributed by atoms with Gasteiger partial charge < -0.3 is 16.8 Å². The molecule has 2 saturated carbocycles. The van der Waals surface area contributed by atoms with Crippen LogP contribution in [0.25, 0.3) is 0 Å². The second kappa shape index (κ2) is 5.04. The quantitative estimate of drug-likeness (QED) is 0.616. The Kier molecular flexibility index (Phi) is 3.66. The number of carbonyl (C=O) groups is 2. The molecule has 0 aromatic rings. The number of fused-ring (bicyclic) bond motifs is 2. The van der Waals surface area contributed by atoms with E-state index in [0.717, 1.165) is 11.8 Å². The van der Waals surface area contributed by atoms with Gasteiger partial charge in [-0.2, -0.15) is 0 Å². The number of nitrogens with one attached hydrogen (secondary N) is 1. The van der Waals surface area contributed by atoms with Gasteiger partial charge in [-0.15, -0.1) is 0 Å². The highest BCUT2D eigenvalue weighted by Crippen LogP contribution is 2.47. The van der Waals surface area contributed by atoms with Crippen LogP contribution in [0.3, 0.4) is 0 Å². The topological polar surface area (TPSA) is 98.2 Å². The lowest BCUT2D eigenvalue weighted by molar-refractivity contribution is -0.126. The number of rotatable bonds is 5. The van der Waals surface area contributed by atoms with Crippen molar-refractivity contribution in [1.29, 1.82) is 0 Å². The number of hydrogen-bond acceptors (Lipinski definition) is 3. The first-order chi connectivity index (χ1) is 8.06. The van der Waals surface area contributed by atoms with Crippen molar-refractivity contribution < 1.29 is 9.59 Å². The van der Waals surface area contributed by atoms with E-state index in [9.17, 15) is 9.59 Å². The van der Waals surface area contributed by atoms with Crippen molar-refractivity contribution in [2.75, 3.05) is 6.54 Å². The Bertz CT molecular complexity index is 319. The first kappa shape index (κ1) is 12.4. The first-order valence-corrected chi connectivity index (χ1v) is 6.38. The summed E-state index contributed by atoms with van der Waals surface area (Å²) in [5.74, 6) is 1.48. The molecule has 96 valence electrons. The minimum Gasteiger partial charge on any atom is -0.370 e. The highest BCUT2D eigenvalue weighted by atomic mass is 16.2. The van der Waals surface area contributed by atoms with Gasteiger partial charge in [0.25, 0.3) is 0 Å². The lowest BCUT2D eigenvalue weighted by atomic mass is 9.89. The molecule has 5 nitrogen and oxygen atoms in total. The Morgan fingerprint density at radius 2 is 2.06 bits per heavy atom. The molecule has 4 atom stereocenters. The van der Waals surface area contributed by atoms with Gasteiger partial charge in [0, 0.05) is 6.54 Å². The van der Waals surface area contributed by atoms with Crippen molar-refractivity contribution in [1.82, 2.24) is 5.32 Å². The Balaban J connectivity index is 1.71. The van der Waals surface area contributed by atoms with Crippen molar-refractivity contribution in [2.45, 2.75) is 38.1 Å². The molecule has 5 heteroatoms. The van der Waals surface area contributed by atoms with E-state index in [-0.39, 0.29) is 12.3 Å². The van der Waals surface area contributed by atoms with E-state index in [2.05, 4.69) is 5.32 Å². The molecule has 17 heavy (non-hydrogen) atoms. The van der Waals surface area contributed by atoms with Crippen LogP contribution in [0.4, 0.5) is 0 Å². The Morgan fingerprint density at radius 1 is 1.29 bits per heavy atom. The monoisotopic (exact) mass is 239 g/mol. The standard InChI is InChI=1S/C12H21N3O2/c13-10(5-11(14)16)12(17)15-6-9-4-7-1-2-8(9)3-7/h7-10H,1-6,13H2,(H2,14,16)(H,15,17). The molecule has 0 spiro atoms. The molecule has 5 N–H and O–H groups in total. The van der Waals surface area contributed by atoms with E-state index in [1.165, 1.54) is 25.7 Å². The van der Waals surface area contributed by atoms with Crippen LogP contribution in [-0.4, -0.2) is 24.4 Å². The number of primary amides is 1. The molecule has 2 fully saturated rings. The van der Waals surface area contributed by atoms with Crippen molar-refractivity contribution >= 4 is 11.8 Å². The molecular formula is C12H21N3O2. The van der Waals surface area contributed by atoms with Crippen molar-refractivity contribution in [2.24, 2.45) is 29.2 Å². The van der Waals surface area contributed by atoms with E-state index < -0.39 is 11.9 Å². The third-order valence-electron chi connectivity index (χ3n) is 4.18. The van der Waals surface area contributed by atoms with Crippen LogP contribution in [0.2, 0.25) is 0 Å². The number of carbonyl (C=O) groups excluding carboxylic acids is 2. The van der Waals surface area contributed by atoms with E-state index in [0.29, 0.717) is 12.5 Å². The van der Waals surface area contributed by atoms with Crippen LogP contribution in [0, 0.1) is 17.8 Å². The predicted molar refractivity (Wildman–Crippen MR) is 63.7 cm³/mol. The zero-order valence-corrected chi connectivity index (χ0v) is 10.0. The number of hydrogen-bond donors (Lipinski definition) is 3. The minimum atomic E-state index is -0.800. The van der Waals surface area contributed by atoms with Gasteiger partial charge in [-0.1, -0.05) is 6.42 Å². The van der Waals surface area contributed by atoms with Crippen molar-refractivity contribution in [3.8, 4) is 0 Å². The predicted octanol–water partition coefficient (Wildman–Crippen LogP) is -0.259. The summed E-state index contributed by atoms with van der Waals surface area (Å²) in [7, 11) is 0. The van der Waals surface area contributed by atoms with Gasteiger partial charge in [-0.25, -0.2) is 0 Å². The van der Waals surface area contributed by atoms with Crippen LogP contribution < -0.4 is 16.8 Å². The van der Waals surface area contributed by atoms with Gasteiger partial charge in [-0.3, -0.25) is 9.59 Å². The third-order valence-corrected chi connectivity index (χ3v) is 4.18. The van der Waals surface area contributed by atoms with Crippen LogP contribution in [-0.2, 0) is 9.59 Å². The fraction of sp³-hybridized carbons (Fsp3) is 0.833. The van der Waals surface area contributed by atoms with Crippen LogP contribution in [0.5, 0.6) is 0 Å². The summed E-state index contributed by atoms with van der Waals surface area (Å²) in [6.45, 7) is 0.701. The Hall–Kier alpha value is -1.10. The van der Waals surface area contributed by atoms with Crippen LogP contribution in [0.15, 0.2) is 0 Å². The highest BCUT2D eigenvalue weighted by Gasteiger charge is 2.39. The zero-order valence-electron chi connectivity index (χ0n) is 10.0. The summed E-state index contributed by atoms with van der Waals surface area (Å²) in [5.41, 5.74) is 10.6. The normalized spacial score (nSPS) is 32.4. The van der Waals surface area contributed by atoms with Crippen molar-refractivity contribution in [3.05, 3.63) is 0 Å². The summed E-state index contributed by atoms with van der Waals surface area (Å²) in [6.07, 6.45) is 5.14. The van der Waals surface area contributed by atoms with Crippen LogP contribution >= 0.6 is 0 Å². The molecule has 4 unspecified atom stereocenters. The lowest BCUT2D eigenvalue weighted by Crippen LogP contribution is -2.44. The molecule has 0 radical (unpaired) electrons. The second-order valence-electron chi connectivity index (χ2n) is 5.46. The Labute approximate surface area is 101 Å². The van der Waals surface area contributed by atoms with Gasteiger partial charge in [0.15, 0.2) is 0 Å². The smallest absolute Gasteiger partial charge is 0.237 e. The molecule has 0 aromatic heterocycles. The fourth-order valence-corrected chi connectivity index (χ4v) is 3.30.